The van der Waals surface area contributed by atoms with Crippen LogP contribution >= 0.6 is 23.2 Å². The Hall–Kier alpha value is -2.95. The van der Waals surface area contributed by atoms with Crippen LogP contribution in [0.1, 0.15) is 0 Å². The zero-order chi connectivity index (χ0) is 24.2. The molecular formula is C21H15Cl2F3N2O4S. The third kappa shape index (κ3) is 6.77. The maximum atomic E-state index is 13.3. The third-order valence-corrected chi connectivity index (χ3v) is 6.35. The van der Waals surface area contributed by atoms with Crippen molar-refractivity contribution in [2.45, 2.75) is 11.3 Å². The molecule has 0 aliphatic rings. The van der Waals surface area contributed by atoms with Crippen molar-refractivity contribution >= 4 is 50.5 Å². The number of halogens is 5. The number of sulfonamides is 1. The van der Waals surface area contributed by atoms with Gasteiger partial charge < -0.3 is 10.1 Å². The minimum Gasteiger partial charge on any atom is -0.406 e. The molecule has 0 aliphatic heterocycles. The summed E-state index contributed by atoms with van der Waals surface area (Å²) in [4.78, 5) is 12.6. The molecule has 3 rings (SSSR count). The molecule has 33 heavy (non-hydrogen) atoms. The molecule has 1 amide bonds. The second-order valence-electron chi connectivity index (χ2n) is 6.57. The third-order valence-electron chi connectivity index (χ3n) is 4.13. The van der Waals surface area contributed by atoms with Gasteiger partial charge in [-0.25, -0.2) is 8.42 Å². The SMILES string of the molecule is O=C(CN(c1cc(Cl)cc(Cl)c1)S(=O)(=O)c1ccccc1)Nc1ccc(OC(F)(F)F)cc1. The summed E-state index contributed by atoms with van der Waals surface area (Å²) < 4.78 is 68.0. The van der Waals surface area contributed by atoms with E-state index < -0.39 is 34.6 Å². The first-order valence-electron chi connectivity index (χ1n) is 9.13. The first kappa shape index (κ1) is 24.7. The van der Waals surface area contributed by atoms with E-state index in [1.54, 1.807) is 6.07 Å². The predicted molar refractivity (Wildman–Crippen MR) is 119 cm³/mol. The number of benzene rings is 3. The van der Waals surface area contributed by atoms with Gasteiger partial charge in [0.1, 0.15) is 12.3 Å². The largest absolute Gasteiger partial charge is 0.573 e. The number of hydrogen-bond acceptors (Lipinski definition) is 4. The van der Waals surface area contributed by atoms with E-state index in [4.69, 9.17) is 23.2 Å². The molecule has 3 aromatic carbocycles. The van der Waals surface area contributed by atoms with Crippen molar-refractivity contribution in [3.05, 3.63) is 82.8 Å². The zero-order valence-corrected chi connectivity index (χ0v) is 18.8. The Labute approximate surface area is 197 Å². The van der Waals surface area contributed by atoms with Gasteiger partial charge in [-0.2, -0.15) is 0 Å². The van der Waals surface area contributed by atoms with Gasteiger partial charge in [0.25, 0.3) is 10.0 Å². The number of ether oxygens (including phenoxy) is 1. The van der Waals surface area contributed by atoms with Crippen LogP contribution in [0, 0.1) is 0 Å². The number of anilines is 2. The Morgan fingerprint density at radius 2 is 1.52 bits per heavy atom. The number of nitrogens with one attached hydrogen (secondary N) is 1. The van der Waals surface area contributed by atoms with Gasteiger partial charge in [0.05, 0.1) is 10.6 Å². The smallest absolute Gasteiger partial charge is 0.406 e. The molecule has 0 fully saturated rings. The second kappa shape index (κ2) is 9.90. The monoisotopic (exact) mass is 518 g/mol. The van der Waals surface area contributed by atoms with Crippen LogP contribution in [0.5, 0.6) is 5.75 Å². The highest BCUT2D eigenvalue weighted by molar-refractivity contribution is 7.92. The molecule has 0 heterocycles. The van der Waals surface area contributed by atoms with Crippen LogP contribution in [0.15, 0.2) is 77.7 Å². The standard InChI is InChI=1S/C21H15Cl2F3N2O4S/c22-14-10-15(23)12-17(11-14)28(33(30,31)19-4-2-1-3-5-19)13-20(29)27-16-6-8-18(9-7-16)32-21(24,25)26/h1-12H,13H2,(H,27,29). The summed E-state index contributed by atoms with van der Waals surface area (Å²) in [6.45, 7) is -0.658. The lowest BCUT2D eigenvalue weighted by molar-refractivity contribution is -0.274. The average molecular weight is 519 g/mol. The lowest BCUT2D eigenvalue weighted by Crippen LogP contribution is -2.38. The van der Waals surface area contributed by atoms with Gasteiger partial charge in [-0.15, -0.1) is 13.2 Å². The molecule has 0 aromatic heterocycles. The molecule has 3 aromatic rings. The van der Waals surface area contributed by atoms with Crippen molar-refractivity contribution in [3.63, 3.8) is 0 Å². The number of carbonyl (C=O) groups is 1. The molecule has 0 bridgehead atoms. The summed E-state index contributed by atoms with van der Waals surface area (Å²) in [6.07, 6.45) is -4.85. The quantitative estimate of drug-likeness (QED) is 0.433. The van der Waals surface area contributed by atoms with Crippen molar-refractivity contribution < 1.29 is 31.1 Å². The Kier molecular flexibility index (Phi) is 7.41. The minimum absolute atomic E-state index is 0.0560. The highest BCUT2D eigenvalue weighted by Gasteiger charge is 2.31. The van der Waals surface area contributed by atoms with E-state index in [0.29, 0.717) is 0 Å². The van der Waals surface area contributed by atoms with Crippen molar-refractivity contribution in [3.8, 4) is 5.75 Å². The zero-order valence-electron chi connectivity index (χ0n) is 16.5. The van der Waals surface area contributed by atoms with Crippen molar-refractivity contribution in [1.82, 2.24) is 0 Å². The first-order valence-corrected chi connectivity index (χ1v) is 11.3. The predicted octanol–water partition coefficient (Wildman–Crippen LogP) is 5.73. The first-order chi connectivity index (χ1) is 15.4. The van der Waals surface area contributed by atoms with Crippen molar-refractivity contribution in [2.24, 2.45) is 0 Å². The molecule has 0 atom stereocenters. The minimum atomic E-state index is -4.85. The van der Waals surface area contributed by atoms with Crippen LogP contribution in [0.25, 0.3) is 0 Å². The number of carbonyl (C=O) groups excluding carboxylic acids is 1. The Morgan fingerprint density at radius 3 is 2.06 bits per heavy atom. The summed E-state index contributed by atoms with van der Waals surface area (Å²) >= 11 is 12.0. The summed E-state index contributed by atoms with van der Waals surface area (Å²) in [5, 5.41) is 2.75. The Morgan fingerprint density at radius 1 is 0.939 bits per heavy atom. The van der Waals surface area contributed by atoms with Gasteiger partial charge >= 0.3 is 6.36 Å². The fourth-order valence-corrected chi connectivity index (χ4v) is 4.73. The van der Waals surface area contributed by atoms with E-state index in [-0.39, 0.29) is 26.3 Å². The van der Waals surface area contributed by atoms with Crippen LogP contribution in [-0.4, -0.2) is 27.2 Å². The highest BCUT2D eigenvalue weighted by atomic mass is 35.5. The molecule has 0 aliphatic carbocycles. The number of amides is 1. The van der Waals surface area contributed by atoms with Crippen LogP contribution in [-0.2, 0) is 14.8 Å². The van der Waals surface area contributed by atoms with Crippen molar-refractivity contribution in [1.29, 1.82) is 0 Å². The van der Waals surface area contributed by atoms with E-state index in [1.807, 2.05) is 0 Å². The molecule has 0 saturated carbocycles. The lowest BCUT2D eigenvalue weighted by atomic mass is 10.3. The Balaban J connectivity index is 1.86. The molecule has 1 N–H and O–H groups in total. The molecule has 0 spiro atoms. The van der Waals surface area contributed by atoms with Gasteiger partial charge in [0.15, 0.2) is 0 Å². The van der Waals surface area contributed by atoms with Crippen molar-refractivity contribution in [2.75, 3.05) is 16.2 Å². The molecule has 6 nitrogen and oxygen atoms in total. The fourth-order valence-electron chi connectivity index (χ4n) is 2.79. The average Bonchev–Trinajstić information content (AvgIpc) is 2.72. The van der Waals surface area contributed by atoms with Crippen LogP contribution in [0.4, 0.5) is 24.5 Å². The molecule has 0 unspecified atom stereocenters. The van der Waals surface area contributed by atoms with E-state index >= 15 is 0 Å². The normalized spacial score (nSPS) is 11.7. The molecule has 0 radical (unpaired) electrons. The summed E-state index contributed by atoms with van der Waals surface area (Å²) in [7, 11) is -4.19. The number of nitrogens with zero attached hydrogens (tertiary/aromatic N) is 1. The molecule has 0 saturated heterocycles. The summed E-state index contributed by atoms with van der Waals surface area (Å²) in [5.41, 5.74) is 0.191. The maximum absolute atomic E-state index is 13.3. The van der Waals surface area contributed by atoms with E-state index in [1.165, 1.54) is 54.6 Å². The van der Waals surface area contributed by atoms with Gasteiger partial charge in [0, 0.05) is 15.7 Å². The number of alkyl halides is 3. The van der Waals surface area contributed by atoms with Crippen LogP contribution < -0.4 is 14.4 Å². The van der Waals surface area contributed by atoms with Crippen LogP contribution in [0.3, 0.4) is 0 Å². The number of rotatable bonds is 7. The summed E-state index contributed by atoms with van der Waals surface area (Å²) in [5.74, 6) is -1.22. The van der Waals surface area contributed by atoms with E-state index in [9.17, 15) is 26.4 Å². The highest BCUT2D eigenvalue weighted by Crippen LogP contribution is 2.30. The topological polar surface area (TPSA) is 75.7 Å². The van der Waals surface area contributed by atoms with Gasteiger partial charge in [-0.3, -0.25) is 9.10 Å². The fraction of sp³-hybridized carbons (Fsp3) is 0.0952. The van der Waals surface area contributed by atoms with Gasteiger partial charge in [0.2, 0.25) is 5.91 Å². The Bertz CT molecular complexity index is 1220. The van der Waals surface area contributed by atoms with Gasteiger partial charge in [-0.1, -0.05) is 41.4 Å². The van der Waals surface area contributed by atoms with Crippen LogP contribution in [0.2, 0.25) is 10.0 Å². The maximum Gasteiger partial charge on any atom is 0.573 e. The lowest BCUT2D eigenvalue weighted by Gasteiger charge is -2.24. The molecular weight excluding hydrogens is 504 g/mol. The number of hydrogen-bond donors (Lipinski definition) is 1. The molecule has 12 heteroatoms. The van der Waals surface area contributed by atoms with E-state index in [0.717, 1.165) is 16.4 Å². The molecule has 174 valence electrons. The van der Waals surface area contributed by atoms with E-state index in [2.05, 4.69) is 10.1 Å². The summed E-state index contributed by atoms with van der Waals surface area (Å²) in [6, 6.07) is 15.9. The second-order valence-corrected chi connectivity index (χ2v) is 9.31. The van der Waals surface area contributed by atoms with Gasteiger partial charge in [-0.05, 0) is 54.6 Å².